The van der Waals surface area contributed by atoms with Crippen LogP contribution in [0.3, 0.4) is 0 Å². The molecule has 0 nitrogen and oxygen atoms in total. The van der Waals surface area contributed by atoms with Crippen LogP contribution in [0.5, 0.6) is 0 Å². The minimum absolute atomic E-state index is 0. The van der Waals surface area contributed by atoms with Crippen LogP contribution >= 0.6 is 7.92 Å². The number of hydrogen-bond acceptors (Lipinski definition) is 0. The molecule has 2 heteroatoms. The second-order valence-corrected chi connectivity index (χ2v) is 12.6. The van der Waals surface area contributed by atoms with Gasteiger partial charge in [-0.25, -0.2) is 6.07 Å². The van der Waals surface area contributed by atoms with E-state index in [1.165, 1.54) is 22.9 Å². The van der Waals surface area contributed by atoms with Gasteiger partial charge in [0.05, 0.1) is 0 Å². The Morgan fingerprint density at radius 1 is 0.741 bits per heavy atom. The molecule has 0 aliphatic heterocycles. The van der Waals surface area contributed by atoms with Crippen LogP contribution in [0.1, 0.15) is 47.1 Å². The van der Waals surface area contributed by atoms with Gasteiger partial charge in [0.2, 0.25) is 0 Å². The number of rotatable bonds is 3. The molecule has 0 heterocycles. The van der Waals surface area contributed by atoms with Gasteiger partial charge >= 0.3 is 0 Å². The predicted octanol–water partition coefficient (Wildman–Crippen LogP) is 8.05. The summed E-state index contributed by atoms with van der Waals surface area (Å²) in [4.78, 5) is 0. The van der Waals surface area contributed by atoms with Crippen LogP contribution < -0.4 is 0 Å². The summed E-state index contributed by atoms with van der Waals surface area (Å²) in [5.41, 5.74) is 4.16. The van der Waals surface area contributed by atoms with Crippen molar-refractivity contribution in [2.45, 2.75) is 58.0 Å². The summed E-state index contributed by atoms with van der Waals surface area (Å²) in [5.74, 6) is 0. The first-order valence-electron chi connectivity index (χ1n) is 9.43. The Morgan fingerprint density at radius 2 is 1.22 bits per heavy atom. The molecule has 0 saturated heterocycles. The maximum absolute atomic E-state index is 2.39. The summed E-state index contributed by atoms with van der Waals surface area (Å²) in [7, 11) is -0.0746. The van der Waals surface area contributed by atoms with Crippen LogP contribution in [0.15, 0.2) is 78.9 Å². The second-order valence-electron chi connectivity index (χ2n) is 8.76. The Labute approximate surface area is 178 Å². The molecule has 0 aliphatic carbocycles. The largest absolute Gasteiger partial charge is 0.748 e. The summed E-state index contributed by atoms with van der Waals surface area (Å²) in [5, 5.41) is 0.773. The quantitative estimate of drug-likeness (QED) is 0.228. The van der Waals surface area contributed by atoms with Gasteiger partial charge in [-0.05, 0) is 10.3 Å². The Kier molecular flexibility index (Phi) is 9.23. The predicted molar refractivity (Wildman–Crippen MR) is 120 cm³/mol. The van der Waals surface area contributed by atoms with Gasteiger partial charge in [0, 0.05) is 17.1 Å². The van der Waals surface area contributed by atoms with E-state index in [0.717, 1.165) is 0 Å². The molecular formula is C25H33FeP-6. The molecule has 27 heavy (non-hydrogen) atoms. The van der Waals surface area contributed by atoms with E-state index in [4.69, 9.17) is 0 Å². The van der Waals surface area contributed by atoms with Crippen LogP contribution in [-0.2, 0) is 23.2 Å². The van der Waals surface area contributed by atoms with Gasteiger partial charge in [-0.1, -0.05) is 83.6 Å². The van der Waals surface area contributed by atoms with Crippen molar-refractivity contribution in [3.8, 4) is 11.1 Å². The Balaban J connectivity index is 0.000000526. The molecule has 0 saturated carbocycles. The second kappa shape index (κ2) is 10.4. The molecule has 0 unspecified atom stereocenters. The molecule has 3 rings (SSSR count). The normalized spacial score (nSPS) is 11.5. The van der Waals surface area contributed by atoms with Crippen LogP contribution in [-0.4, -0.2) is 10.3 Å². The van der Waals surface area contributed by atoms with Gasteiger partial charge in [0.1, 0.15) is 0 Å². The monoisotopic (exact) mass is 420 g/mol. The molecule has 0 fully saturated rings. The zero-order chi connectivity index (χ0) is 19.2. The van der Waals surface area contributed by atoms with Gasteiger partial charge < -0.3 is 30.3 Å². The topological polar surface area (TPSA) is 0 Å². The van der Waals surface area contributed by atoms with Crippen molar-refractivity contribution in [1.82, 2.24) is 0 Å². The smallest absolute Gasteiger partial charge is 0 e. The van der Waals surface area contributed by atoms with E-state index < -0.39 is 0 Å². The molecule has 0 bridgehead atoms. The molecule has 152 valence electrons. The maximum Gasteiger partial charge on any atom is 0 e. The summed E-state index contributed by atoms with van der Waals surface area (Å²) in [6.45, 7) is 14.4. The summed E-state index contributed by atoms with van der Waals surface area (Å²) < 4.78 is 0. The zero-order valence-corrected chi connectivity index (χ0v) is 19.5. The van der Waals surface area contributed by atoms with Gasteiger partial charge in [-0.2, -0.15) is 23.3 Å². The fourth-order valence-electron chi connectivity index (χ4n) is 3.39. The van der Waals surface area contributed by atoms with E-state index in [1.54, 1.807) is 0 Å². The molecule has 3 aromatic rings. The fraction of sp³-hybridized carbons (Fsp3) is 0.360. The summed E-state index contributed by atoms with van der Waals surface area (Å²) in [6, 6.07) is 27.6. The van der Waals surface area contributed by atoms with Gasteiger partial charge in [-0.15, -0.1) is 7.92 Å². The van der Waals surface area contributed by atoms with Crippen LogP contribution in [0, 0.1) is 0 Å². The Morgan fingerprint density at radius 3 is 1.67 bits per heavy atom. The van der Waals surface area contributed by atoms with Crippen LogP contribution in [0.4, 0.5) is 0 Å². The maximum atomic E-state index is 2.39. The van der Waals surface area contributed by atoms with Crippen LogP contribution in [0.2, 0.25) is 0 Å². The van der Waals surface area contributed by atoms with Crippen molar-refractivity contribution in [3.05, 3.63) is 84.4 Å². The van der Waals surface area contributed by atoms with Gasteiger partial charge in [0.15, 0.2) is 0 Å². The van der Waals surface area contributed by atoms with Crippen molar-refractivity contribution in [2.24, 2.45) is 0 Å². The molecule has 0 radical (unpaired) electrons. The minimum atomic E-state index is -0.0746. The third kappa shape index (κ3) is 7.79. The molecule has 0 atom stereocenters. The first kappa shape index (κ1) is 23.9. The van der Waals surface area contributed by atoms with Crippen LogP contribution in [0.25, 0.3) is 11.1 Å². The summed E-state index contributed by atoms with van der Waals surface area (Å²) >= 11 is 0. The Hall–Kier alpha value is -1.13. The molecule has 0 N–H and O–H groups in total. The van der Waals surface area contributed by atoms with E-state index in [-0.39, 0.29) is 25.0 Å². The van der Waals surface area contributed by atoms with Crippen molar-refractivity contribution in [3.63, 3.8) is 0 Å². The van der Waals surface area contributed by atoms with E-state index >= 15 is 0 Å². The van der Waals surface area contributed by atoms with Crippen molar-refractivity contribution < 1.29 is 17.1 Å². The summed E-state index contributed by atoms with van der Waals surface area (Å²) in [6.07, 6.45) is 1.22. The molecule has 0 aliphatic rings. The average Bonchev–Trinajstić information content (AvgIpc) is 3.26. The van der Waals surface area contributed by atoms with E-state index in [0.29, 0.717) is 10.3 Å². The molecule has 0 aromatic heterocycles. The average molecular weight is 420 g/mol. The van der Waals surface area contributed by atoms with Crippen molar-refractivity contribution in [2.75, 3.05) is 0 Å². The minimum Gasteiger partial charge on any atom is -0.748 e. The van der Waals surface area contributed by atoms with Gasteiger partial charge in [-0.3, -0.25) is 0 Å². The first-order valence-corrected chi connectivity index (χ1v) is 11.0. The van der Waals surface area contributed by atoms with E-state index in [2.05, 4.69) is 90.1 Å². The first-order chi connectivity index (χ1) is 12.2. The van der Waals surface area contributed by atoms with E-state index in [9.17, 15) is 0 Å². The fourth-order valence-corrected chi connectivity index (χ4v) is 6.91. The molecule has 0 amide bonds. The zero-order valence-electron chi connectivity index (χ0n) is 17.5. The SMILES string of the molecule is CC(C)(C)P(C[c-]1ccc(-c2ccccc2)c1)C(C)(C)C.[Fe].[cH-]1[cH-][cH-][cH-][cH-]1. The molecular weight excluding hydrogens is 387 g/mol. The third-order valence-electron chi connectivity index (χ3n) is 4.44. The van der Waals surface area contributed by atoms with Crippen molar-refractivity contribution in [1.29, 1.82) is 0 Å². The van der Waals surface area contributed by atoms with Crippen molar-refractivity contribution >= 4 is 7.92 Å². The van der Waals surface area contributed by atoms with E-state index in [1.807, 2.05) is 30.3 Å². The number of hydrogen-bond donors (Lipinski definition) is 0. The van der Waals surface area contributed by atoms with Gasteiger partial charge in [0.25, 0.3) is 0 Å². The Bertz CT molecular complexity index is 709. The molecule has 0 spiro atoms. The standard InChI is InChI=1S/C20H28P.C5H5.Fe/c1-19(2,3)21(20(4,5)6)15-16-12-13-18(14-16)17-10-8-7-9-11-17;1-2-4-5-3-1;/h7-14H,15H2,1-6H3;1-5H;/q-1;-5;. The third-order valence-corrected chi connectivity index (χ3v) is 8.36. The molecule has 3 aromatic carbocycles. The number of benzene rings is 1.